The van der Waals surface area contributed by atoms with E-state index in [9.17, 15) is 14.9 Å². The number of nitro benzene ring substituents is 1. The maximum absolute atomic E-state index is 12.0. The summed E-state index contributed by atoms with van der Waals surface area (Å²) in [7, 11) is 0. The predicted molar refractivity (Wildman–Crippen MR) is 87.3 cm³/mol. The van der Waals surface area contributed by atoms with Crippen molar-refractivity contribution in [2.24, 2.45) is 5.41 Å². The van der Waals surface area contributed by atoms with Crippen molar-refractivity contribution >= 4 is 24.0 Å². The molecule has 122 valence electrons. The third-order valence-electron chi connectivity index (χ3n) is 4.01. The molecule has 0 aromatic heterocycles. The van der Waals surface area contributed by atoms with E-state index in [0.29, 0.717) is 12.1 Å². The summed E-state index contributed by atoms with van der Waals surface area (Å²) >= 11 is 0. The lowest BCUT2D eigenvalue weighted by atomic mass is 9.81. The average molecular weight is 328 g/mol. The van der Waals surface area contributed by atoms with E-state index in [2.05, 4.69) is 17.6 Å². The molecule has 1 aliphatic heterocycles. The summed E-state index contributed by atoms with van der Waals surface area (Å²) in [5.74, 6) is -0.0877. The number of rotatable bonds is 5. The molecule has 1 amide bonds. The first-order valence-electron chi connectivity index (χ1n) is 7.19. The Bertz CT molecular complexity index is 531. The number of halogens is 1. The lowest BCUT2D eigenvalue weighted by molar-refractivity contribution is -0.384. The Balaban J connectivity index is 0.00000242. The summed E-state index contributed by atoms with van der Waals surface area (Å²) in [5.41, 5.74) is 0.826. The number of non-ortho nitro benzene ring substituents is 1. The molecule has 1 fully saturated rings. The number of carbonyl (C=O) groups excluding carboxylic acids is 1. The van der Waals surface area contributed by atoms with Crippen LogP contribution in [-0.4, -0.2) is 30.5 Å². The maximum Gasteiger partial charge on any atom is 0.269 e. The standard InChI is InChI=1S/C15H21N3O3.ClH/c1-15(5-7-16-8-6-15)11-17-14(19)10-12-3-2-4-13(9-12)18(20)21;/h2-4,9,16H,5-8,10-11H2,1H3,(H,17,19);1H. The molecule has 0 saturated carbocycles. The fourth-order valence-corrected chi connectivity index (χ4v) is 2.55. The minimum absolute atomic E-state index is 0. The molecule has 1 saturated heterocycles. The largest absolute Gasteiger partial charge is 0.355 e. The van der Waals surface area contributed by atoms with Crippen molar-refractivity contribution in [3.8, 4) is 0 Å². The Kier molecular flexibility index (Phi) is 6.77. The maximum atomic E-state index is 12.0. The molecular formula is C15H22ClN3O3. The van der Waals surface area contributed by atoms with Gasteiger partial charge in [0.15, 0.2) is 0 Å². The summed E-state index contributed by atoms with van der Waals surface area (Å²) in [5, 5.41) is 17.0. The van der Waals surface area contributed by atoms with Gasteiger partial charge < -0.3 is 10.6 Å². The highest BCUT2D eigenvalue weighted by Crippen LogP contribution is 2.26. The van der Waals surface area contributed by atoms with Gasteiger partial charge in [0, 0.05) is 18.7 Å². The molecule has 0 radical (unpaired) electrons. The van der Waals surface area contributed by atoms with Gasteiger partial charge in [0.2, 0.25) is 5.91 Å². The van der Waals surface area contributed by atoms with E-state index in [1.807, 2.05) is 0 Å². The van der Waals surface area contributed by atoms with Gasteiger partial charge in [-0.2, -0.15) is 0 Å². The van der Waals surface area contributed by atoms with Gasteiger partial charge in [0.1, 0.15) is 0 Å². The second-order valence-corrected chi connectivity index (χ2v) is 5.94. The zero-order chi connectivity index (χ0) is 15.3. The predicted octanol–water partition coefficient (Wildman–Crippen LogP) is 2.06. The van der Waals surface area contributed by atoms with E-state index < -0.39 is 4.92 Å². The topological polar surface area (TPSA) is 84.3 Å². The molecule has 7 heteroatoms. The minimum atomic E-state index is -0.447. The summed E-state index contributed by atoms with van der Waals surface area (Å²) in [4.78, 5) is 22.2. The zero-order valence-electron chi connectivity index (χ0n) is 12.6. The molecule has 1 heterocycles. The van der Waals surface area contributed by atoms with Crippen molar-refractivity contribution in [1.29, 1.82) is 0 Å². The minimum Gasteiger partial charge on any atom is -0.355 e. The number of piperidine rings is 1. The zero-order valence-corrected chi connectivity index (χ0v) is 13.4. The number of carbonyl (C=O) groups is 1. The fourth-order valence-electron chi connectivity index (χ4n) is 2.55. The first-order chi connectivity index (χ1) is 9.98. The molecule has 1 aromatic carbocycles. The van der Waals surface area contributed by atoms with Gasteiger partial charge in [-0.1, -0.05) is 19.1 Å². The smallest absolute Gasteiger partial charge is 0.269 e. The van der Waals surface area contributed by atoms with Crippen LogP contribution < -0.4 is 10.6 Å². The SMILES string of the molecule is CC1(CNC(=O)Cc2cccc([N+](=O)[O-])c2)CCNCC1.Cl. The van der Waals surface area contributed by atoms with Crippen molar-refractivity contribution in [1.82, 2.24) is 10.6 Å². The number of amides is 1. The van der Waals surface area contributed by atoms with Crippen LogP contribution in [0.15, 0.2) is 24.3 Å². The number of nitro groups is 1. The highest BCUT2D eigenvalue weighted by atomic mass is 35.5. The molecule has 6 nitrogen and oxygen atoms in total. The molecule has 0 spiro atoms. The van der Waals surface area contributed by atoms with Crippen LogP contribution in [0.1, 0.15) is 25.3 Å². The average Bonchev–Trinajstić information content (AvgIpc) is 2.46. The first-order valence-corrected chi connectivity index (χ1v) is 7.19. The van der Waals surface area contributed by atoms with Gasteiger partial charge >= 0.3 is 0 Å². The molecule has 22 heavy (non-hydrogen) atoms. The van der Waals surface area contributed by atoms with E-state index in [4.69, 9.17) is 0 Å². The Morgan fingerprint density at radius 1 is 1.41 bits per heavy atom. The van der Waals surface area contributed by atoms with Crippen LogP contribution in [-0.2, 0) is 11.2 Å². The van der Waals surface area contributed by atoms with Gasteiger partial charge in [-0.15, -0.1) is 12.4 Å². The molecule has 2 N–H and O–H groups in total. The lowest BCUT2D eigenvalue weighted by Crippen LogP contribution is -2.43. The molecule has 2 rings (SSSR count). The van der Waals surface area contributed by atoms with E-state index in [-0.39, 0.29) is 35.8 Å². The van der Waals surface area contributed by atoms with E-state index >= 15 is 0 Å². The number of hydrogen-bond donors (Lipinski definition) is 2. The van der Waals surface area contributed by atoms with Crippen LogP contribution in [0.25, 0.3) is 0 Å². The van der Waals surface area contributed by atoms with Crippen LogP contribution >= 0.6 is 12.4 Å². The third kappa shape index (κ3) is 5.27. The van der Waals surface area contributed by atoms with Crippen LogP contribution in [0.3, 0.4) is 0 Å². The summed E-state index contributed by atoms with van der Waals surface area (Å²) in [6, 6.07) is 6.22. The Labute approximate surface area is 136 Å². The van der Waals surface area contributed by atoms with Crippen LogP contribution in [0.4, 0.5) is 5.69 Å². The van der Waals surface area contributed by atoms with E-state index in [1.165, 1.54) is 12.1 Å². The van der Waals surface area contributed by atoms with Crippen molar-refractivity contribution < 1.29 is 9.72 Å². The first kappa shape index (κ1) is 18.4. The van der Waals surface area contributed by atoms with Gasteiger partial charge in [-0.25, -0.2) is 0 Å². The van der Waals surface area contributed by atoms with E-state index in [0.717, 1.165) is 25.9 Å². The highest BCUT2D eigenvalue weighted by molar-refractivity contribution is 5.85. The van der Waals surface area contributed by atoms with Crippen molar-refractivity contribution in [3.63, 3.8) is 0 Å². The monoisotopic (exact) mass is 327 g/mol. The second-order valence-electron chi connectivity index (χ2n) is 5.94. The van der Waals surface area contributed by atoms with Crippen LogP contribution in [0.5, 0.6) is 0 Å². The number of hydrogen-bond acceptors (Lipinski definition) is 4. The molecular weight excluding hydrogens is 306 g/mol. The third-order valence-corrected chi connectivity index (χ3v) is 4.01. The lowest BCUT2D eigenvalue weighted by Gasteiger charge is -2.34. The number of nitrogens with zero attached hydrogens (tertiary/aromatic N) is 1. The van der Waals surface area contributed by atoms with Crippen LogP contribution in [0.2, 0.25) is 0 Å². The molecule has 1 aromatic rings. The van der Waals surface area contributed by atoms with E-state index in [1.54, 1.807) is 12.1 Å². The van der Waals surface area contributed by atoms with Crippen LogP contribution in [0, 0.1) is 15.5 Å². The van der Waals surface area contributed by atoms with Crippen molar-refractivity contribution in [2.75, 3.05) is 19.6 Å². The number of nitrogens with one attached hydrogen (secondary N) is 2. The molecule has 0 aliphatic carbocycles. The quantitative estimate of drug-likeness (QED) is 0.640. The Hall–Kier alpha value is -1.66. The Morgan fingerprint density at radius 2 is 2.09 bits per heavy atom. The fraction of sp³-hybridized carbons (Fsp3) is 0.533. The van der Waals surface area contributed by atoms with Gasteiger partial charge in [-0.3, -0.25) is 14.9 Å². The molecule has 0 bridgehead atoms. The summed E-state index contributed by atoms with van der Waals surface area (Å²) in [6.07, 6.45) is 2.27. The highest BCUT2D eigenvalue weighted by Gasteiger charge is 2.26. The number of benzene rings is 1. The van der Waals surface area contributed by atoms with Gasteiger partial charge in [-0.05, 0) is 36.9 Å². The molecule has 0 atom stereocenters. The van der Waals surface area contributed by atoms with Gasteiger partial charge in [0.05, 0.1) is 11.3 Å². The summed E-state index contributed by atoms with van der Waals surface area (Å²) < 4.78 is 0. The Morgan fingerprint density at radius 3 is 2.73 bits per heavy atom. The molecule has 0 unspecified atom stereocenters. The van der Waals surface area contributed by atoms with Gasteiger partial charge in [0.25, 0.3) is 5.69 Å². The second kappa shape index (κ2) is 8.10. The molecule has 1 aliphatic rings. The van der Waals surface area contributed by atoms with Crippen molar-refractivity contribution in [3.05, 3.63) is 39.9 Å². The summed E-state index contributed by atoms with van der Waals surface area (Å²) in [6.45, 7) is 4.80. The normalized spacial score (nSPS) is 16.4. The van der Waals surface area contributed by atoms with Crippen molar-refractivity contribution in [2.45, 2.75) is 26.2 Å².